The van der Waals surface area contributed by atoms with Crippen molar-refractivity contribution in [2.75, 3.05) is 6.54 Å². The van der Waals surface area contributed by atoms with Crippen LogP contribution in [-0.4, -0.2) is 35.2 Å². The molecule has 3 amide bonds. The molecular formula is C18H26N2O3. The molecule has 23 heavy (non-hydrogen) atoms. The molecule has 126 valence electrons. The maximum absolute atomic E-state index is 12.5. The largest absolute Gasteiger partial charge is 0.352 e. The summed E-state index contributed by atoms with van der Waals surface area (Å²) in [4.78, 5) is 38.4. The van der Waals surface area contributed by atoms with Crippen LogP contribution in [0.25, 0.3) is 0 Å². The fraction of sp³-hybridized carbons (Fsp3) is 0.722. The van der Waals surface area contributed by atoms with Gasteiger partial charge in [0.15, 0.2) is 0 Å². The van der Waals surface area contributed by atoms with Crippen molar-refractivity contribution in [2.24, 2.45) is 29.6 Å². The second kappa shape index (κ2) is 6.10. The summed E-state index contributed by atoms with van der Waals surface area (Å²) >= 11 is 0. The van der Waals surface area contributed by atoms with Crippen LogP contribution in [0, 0.1) is 29.6 Å². The monoisotopic (exact) mass is 318 g/mol. The Balaban J connectivity index is 1.56. The molecule has 3 aliphatic rings. The number of hydrogen-bond donors (Lipinski definition) is 1. The minimum atomic E-state index is -0.233. The molecule has 0 aromatic rings. The van der Waals surface area contributed by atoms with Gasteiger partial charge in [-0.3, -0.25) is 19.3 Å². The number of rotatable bonds is 6. The lowest BCUT2D eigenvalue weighted by Crippen LogP contribution is -2.44. The number of fused-ring (bicyclic) bond motifs is 5. The number of nitrogens with zero attached hydrogens (tertiary/aromatic N) is 1. The van der Waals surface area contributed by atoms with Gasteiger partial charge in [-0.2, -0.15) is 0 Å². The molecule has 1 saturated carbocycles. The van der Waals surface area contributed by atoms with Crippen molar-refractivity contribution in [3.8, 4) is 0 Å². The van der Waals surface area contributed by atoms with Gasteiger partial charge in [-0.1, -0.05) is 26.0 Å². The minimum absolute atomic E-state index is 0.0649. The van der Waals surface area contributed by atoms with E-state index in [1.807, 2.05) is 6.92 Å². The summed E-state index contributed by atoms with van der Waals surface area (Å²) in [6.07, 6.45) is 7.00. The van der Waals surface area contributed by atoms with E-state index in [2.05, 4.69) is 31.3 Å². The van der Waals surface area contributed by atoms with Crippen molar-refractivity contribution >= 4 is 17.7 Å². The number of imide groups is 1. The molecule has 2 bridgehead atoms. The van der Waals surface area contributed by atoms with Crippen molar-refractivity contribution in [2.45, 2.75) is 46.1 Å². The van der Waals surface area contributed by atoms with Crippen LogP contribution in [-0.2, 0) is 14.4 Å². The third-order valence-corrected chi connectivity index (χ3v) is 5.45. The van der Waals surface area contributed by atoms with E-state index in [-0.39, 0.29) is 54.0 Å². The number of nitrogens with one attached hydrogen (secondary N) is 1. The summed E-state index contributed by atoms with van der Waals surface area (Å²) in [6.45, 7) is 6.14. The lowest BCUT2D eigenvalue weighted by molar-refractivity contribution is -0.144. The third-order valence-electron chi connectivity index (χ3n) is 5.45. The predicted octanol–water partition coefficient (Wildman–Crippen LogP) is 1.73. The summed E-state index contributed by atoms with van der Waals surface area (Å²) in [7, 11) is 0. The first-order valence-corrected chi connectivity index (χ1v) is 8.71. The first kappa shape index (κ1) is 16.2. The van der Waals surface area contributed by atoms with E-state index in [1.165, 1.54) is 4.90 Å². The van der Waals surface area contributed by atoms with E-state index >= 15 is 0 Å². The van der Waals surface area contributed by atoms with Gasteiger partial charge in [0, 0.05) is 6.04 Å². The summed E-state index contributed by atoms with van der Waals surface area (Å²) in [5.74, 6) is 0.0108. The fourth-order valence-corrected chi connectivity index (χ4v) is 4.24. The second-order valence-electron chi connectivity index (χ2n) is 7.70. The predicted molar refractivity (Wildman–Crippen MR) is 86.1 cm³/mol. The maximum Gasteiger partial charge on any atom is 0.240 e. The molecule has 0 aromatic carbocycles. The van der Waals surface area contributed by atoms with E-state index < -0.39 is 0 Å². The Labute approximate surface area is 137 Å². The zero-order chi connectivity index (χ0) is 16.7. The third kappa shape index (κ3) is 2.93. The highest BCUT2D eigenvalue weighted by Crippen LogP contribution is 2.52. The molecule has 1 N–H and O–H groups in total. The average Bonchev–Trinajstić information content (AvgIpc) is 3.15. The zero-order valence-corrected chi connectivity index (χ0v) is 14.1. The Kier molecular flexibility index (Phi) is 4.30. The van der Waals surface area contributed by atoms with Crippen LogP contribution in [0.15, 0.2) is 12.2 Å². The van der Waals surface area contributed by atoms with Crippen LogP contribution in [0.3, 0.4) is 0 Å². The molecule has 2 fully saturated rings. The highest BCUT2D eigenvalue weighted by atomic mass is 16.2. The molecule has 1 aliphatic heterocycles. The van der Waals surface area contributed by atoms with Crippen LogP contribution in [0.2, 0.25) is 0 Å². The molecule has 5 nitrogen and oxygen atoms in total. The van der Waals surface area contributed by atoms with Gasteiger partial charge < -0.3 is 5.32 Å². The molecule has 2 aliphatic carbocycles. The first-order valence-electron chi connectivity index (χ1n) is 8.71. The van der Waals surface area contributed by atoms with Crippen LogP contribution in [0.5, 0.6) is 0 Å². The standard InChI is InChI=1S/C18H26N2O3/c1-10(2)4-5-11(3)19-14(21)9-20-17(22)15-12-6-7-13(8-12)16(15)18(20)23/h6-7,10-13,15-16H,4-5,8-9H2,1-3H3,(H,19,21). The van der Waals surface area contributed by atoms with E-state index in [4.69, 9.17) is 0 Å². The highest BCUT2D eigenvalue weighted by Gasteiger charge is 2.59. The fourth-order valence-electron chi connectivity index (χ4n) is 4.24. The highest BCUT2D eigenvalue weighted by molar-refractivity contribution is 6.08. The number of amides is 3. The van der Waals surface area contributed by atoms with Gasteiger partial charge in [0.2, 0.25) is 17.7 Å². The molecule has 5 unspecified atom stereocenters. The topological polar surface area (TPSA) is 66.5 Å². The van der Waals surface area contributed by atoms with Crippen molar-refractivity contribution in [1.29, 1.82) is 0 Å². The number of carbonyl (C=O) groups excluding carboxylic acids is 3. The van der Waals surface area contributed by atoms with Gasteiger partial charge in [0.05, 0.1) is 11.8 Å². The van der Waals surface area contributed by atoms with E-state index in [9.17, 15) is 14.4 Å². The molecule has 0 spiro atoms. The van der Waals surface area contributed by atoms with Crippen LogP contribution in [0.4, 0.5) is 0 Å². The Morgan fingerprint density at radius 3 is 2.22 bits per heavy atom. The van der Waals surface area contributed by atoms with E-state index in [0.717, 1.165) is 19.3 Å². The van der Waals surface area contributed by atoms with Crippen molar-refractivity contribution in [3.05, 3.63) is 12.2 Å². The van der Waals surface area contributed by atoms with E-state index in [0.29, 0.717) is 5.92 Å². The lowest BCUT2D eigenvalue weighted by Gasteiger charge is -2.19. The van der Waals surface area contributed by atoms with Gasteiger partial charge in [-0.05, 0) is 43.9 Å². The molecular weight excluding hydrogens is 292 g/mol. The number of hydrogen-bond acceptors (Lipinski definition) is 3. The van der Waals surface area contributed by atoms with Crippen molar-refractivity contribution in [3.63, 3.8) is 0 Å². The lowest BCUT2D eigenvalue weighted by atomic mass is 9.85. The smallest absolute Gasteiger partial charge is 0.240 e. The van der Waals surface area contributed by atoms with Gasteiger partial charge in [-0.25, -0.2) is 0 Å². The first-order chi connectivity index (χ1) is 10.9. The number of allylic oxidation sites excluding steroid dienone is 2. The normalized spacial score (nSPS) is 32.8. The Bertz CT molecular complexity index is 524. The van der Waals surface area contributed by atoms with Crippen LogP contribution in [0.1, 0.15) is 40.0 Å². The minimum Gasteiger partial charge on any atom is -0.352 e. The van der Waals surface area contributed by atoms with Gasteiger partial charge >= 0.3 is 0 Å². The molecule has 5 heteroatoms. The van der Waals surface area contributed by atoms with Crippen LogP contribution >= 0.6 is 0 Å². The van der Waals surface area contributed by atoms with Gasteiger partial charge in [0.25, 0.3) is 0 Å². The second-order valence-corrected chi connectivity index (χ2v) is 7.70. The number of likely N-dealkylation sites (tertiary alicyclic amines) is 1. The Morgan fingerprint density at radius 1 is 1.13 bits per heavy atom. The maximum atomic E-state index is 12.5. The SMILES string of the molecule is CC(C)CCC(C)NC(=O)CN1C(=O)C2C3C=CC(C3)C2C1=O. The molecule has 5 atom stereocenters. The summed E-state index contributed by atoms with van der Waals surface area (Å²) < 4.78 is 0. The van der Waals surface area contributed by atoms with E-state index in [1.54, 1.807) is 0 Å². The van der Waals surface area contributed by atoms with Gasteiger partial charge in [-0.15, -0.1) is 0 Å². The molecule has 0 aromatic heterocycles. The van der Waals surface area contributed by atoms with Gasteiger partial charge in [0.1, 0.15) is 6.54 Å². The molecule has 1 heterocycles. The Morgan fingerprint density at radius 2 is 1.70 bits per heavy atom. The molecule has 1 saturated heterocycles. The van der Waals surface area contributed by atoms with Crippen molar-refractivity contribution < 1.29 is 14.4 Å². The summed E-state index contributed by atoms with van der Waals surface area (Å²) in [6, 6.07) is 0.0649. The average molecular weight is 318 g/mol. The number of carbonyl (C=O) groups is 3. The summed E-state index contributed by atoms with van der Waals surface area (Å²) in [5.41, 5.74) is 0. The van der Waals surface area contributed by atoms with Crippen LogP contribution < -0.4 is 5.32 Å². The summed E-state index contributed by atoms with van der Waals surface area (Å²) in [5, 5.41) is 2.91. The Hall–Kier alpha value is -1.65. The quantitative estimate of drug-likeness (QED) is 0.599. The van der Waals surface area contributed by atoms with Crippen molar-refractivity contribution in [1.82, 2.24) is 10.2 Å². The molecule has 0 radical (unpaired) electrons. The molecule has 3 rings (SSSR count). The zero-order valence-electron chi connectivity index (χ0n) is 14.1.